The summed E-state index contributed by atoms with van der Waals surface area (Å²) in [4.78, 5) is 37.3. The van der Waals surface area contributed by atoms with E-state index in [0.29, 0.717) is 19.3 Å². The van der Waals surface area contributed by atoms with Crippen molar-refractivity contribution in [3.63, 3.8) is 0 Å². The van der Waals surface area contributed by atoms with Crippen LogP contribution in [0.5, 0.6) is 0 Å². The van der Waals surface area contributed by atoms with E-state index in [-0.39, 0.29) is 31.1 Å². The van der Waals surface area contributed by atoms with Crippen LogP contribution in [-0.2, 0) is 28.6 Å². The minimum Gasteiger partial charge on any atom is -0.462 e. The molecule has 302 valence electrons. The zero-order valence-corrected chi connectivity index (χ0v) is 34.4. The second kappa shape index (κ2) is 41.2. The number of hydrogen-bond acceptors (Lipinski definition) is 6. The average molecular weight is 723 g/mol. The maximum atomic E-state index is 12.5. The van der Waals surface area contributed by atoms with Crippen LogP contribution in [0.3, 0.4) is 0 Å². The fourth-order valence-electron chi connectivity index (χ4n) is 6.68. The maximum absolute atomic E-state index is 12.5. The molecule has 0 radical (unpaired) electrons. The fraction of sp³-hybridized carbons (Fsp3) is 0.933. The molecule has 0 rings (SSSR count). The Kier molecular flexibility index (Phi) is 39.9. The van der Waals surface area contributed by atoms with E-state index < -0.39 is 6.10 Å². The molecule has 6 nitrogen and oxygen atoms in total. The maximum Gasteiger partial charge on any atom is 0.306 e. The molecular weight excluding hydrogens is 636 g/mol. The highest BCUT2D eigenvalue weighted by molar-refractivity contribution is 5.71. The molecule has 0 heterocycles. The third kappa shape index (κ3) is 39.5. The zero-order valence-electron chi connectivity index (χ0n) is 34.4. The van der Waals surface area contributed by atoms with Crippen molar-refractivity contribution in [1.29, 1.82) is 0 Å². The number of unbranched alkanes of at least 4 members (excludes halogenated alkanes) is 30. The lowest BCUT2D eigenvalue weighted by Gasteiger charge is -2.18. The number of esters is 3. The van der Waals surface area contributed by atoms with Gasteiger partial charge in [-0.3, -0.25) is 14.4 Å². The molecule has 0 N–H and O–H groups in total. The lowest BCUT2D eigenvalue weighted by Crippen LogP contribution is -2.30. The summed E-state index contributed by atoms with van der Waals surface area (Å²) in [6, 6.07) is 0. The summed E-state index contributed by atoms with van der Waals surface area (Å²) in [5.41, 5.74) is 0. The van der Waals surface area contributed by atoms with Gasteiger partial charge in [0.05, 0.1) is 0 Å². The summed E-state index contributed by atoms with van der Waals surface area (Å²) < 4.78 is 16.6. The first-order valence-corrected chi connectivity index (χ1v) is 22.5. The Morgan fingerprint density at radius 1 is 0.314 bits per heavy atom. The quantitative estimate of drug-likeness (QED) is 0.0355. The SMILES string of the molecule is CCCCCCCCCCCCCCCCCCCCCC(=O)OC[C@H](COC(=O)CCCCCCCCCCC)OC(=O)CCCCCCC. The van der Waals surface area contributed by atoms with Crippen LogP contribution in [0.2, 0.25) is 0 Å². The van der Waals surface area contributed by atoms with E-state index >= 15 is 0 Å². The van der Waals surface area contributed by atoms with Crippen molar-refractivity contribution in [3.05, 3.63) is 0 Å². The summed E-state index contributed by atoms with van der Waals surface area (Å²) in [6.45, 7) is 6.55. The van der Waals surface area contributed by atoms with Crippen molar-refractivity contribution in [2.75, 3.05) is 13.2 Å². The molecule has 0 aromatic heterocycles. The van der Waals surface area contributed by atoms with Gasteiger partial charge in [-0.2, -0.15) is 0 Å². The summed E-state index contributed by atoms with van der Waals surface area (Å²) >= 11 is 0. The average Bonchev–Trinajstić information content (AvgIpc) is 3.12. The van der Waals surface area contributed by atoms with Crippen molar-refractivity contribution >= 4 is 17.9 Å². The minimum atomic E-state index is -0.755. The smallest absolute Gasteiger partial charge is 0.306 e. The Bertz CT molecular complexity index is 753. The molecule has 0 saturated carbocycles. The molecule has 0 aromatic carbocycles. The van der Waals surface area contributed by atoms with Crippen molar-refractivity contribution in [2.45, 2.75) is 258 Å². The zero-order chi connectivity index (χ0) is 37.3. The van der Waals surface area contributed by atoms with Crippen LogP contribution in [0, 0.1) is 0 Å². The third-order valence-corrected chi connectivity index (χ3v) is 10.1. The van der Waals surface area contributed by atoms with Gasteiger partial charge in [-0.1, -0.05) is 213 Å². The van der Waals surface area contributed by atoms with Gasteiger partial charge in [0.25, 0.3) is 0 Å². The Hall–Kier alpha value is -1.59. The van der Waals surface area contributed by atoms with E-state index in [2.05, 4.69) is 20.8 Å². The summed E-state index contributed by atoms with van der Waals surface area (Å²) in [5.74, 6) is -0.871. The van der Waals surface area contributed by atoms with Crippen molar-refractivity contribution in [1.82, 2.24) is 0 Å². The lowest BCUT2D eigenvalue weighted by molar-refractivity contribution is -0.167. The normalized spacial score (nSPS) is 11.8. The second-order valence-corrected chi connectivity index (χ2v) is 15.3. The molecule has 0 unspecified atom stereocenters. The molecule has 0 bridgehead atoms. The molecule has 0 amide bonds. The number of carbonyl (C=O) groups is 3. The summed E-state index contributed by atoms with van der Waals surface area (Å²) in [6.07, 6.45) is 41.3. The molecule has 51 heavy (non-hydrogen) atoms. The molecule has 0 aromatic rings. The van der Waals surface area contributed by atoms with Gasteiger partial charge >= 0.3 is 17.9 Å². The van der Waals surface area contributed by atoms with Gasteiger partial charge in [0.2, 0.25) is 0 Å². The third-order valence-electron chi connectivity index (χ3n) is 10.1. The van der Waals surface area contributed by atoms with Gasteiger partial charge < -0.3 is 14.2 Å². The lowest BCUT2D eigenvalue weighted by atomic mass is 10.0. The van der Waals surface area contributed by atoms with E-state index in [4.69, 9.17) is 14.2 Å². The van der Waals surface area contributed by atoms with Crippen LogP contribution in [0.15, 0.2) is 0 Å². The van der Waals surface area contributed by atoms with Crippen LogP contribution in [0.1, 0.15) is 252 Å². The topological polar surface area (TPSA) is 78.9 Å². The number of ether oxygens (including phenoxy) is 3. The van der Waals surface area contributed by atoms with Crippen LogP contribution >= 0.6 is 0 Å². The van der Waals surface area contributed by atoms with E-state index in [1.54, 1.807) is 0 Å². The molecule has 1 atom stereocenters. The highest BCUT2D eigenvalue weighted by atomic mass is 16.6. The van der Waals surface area contributed by atoms with Crippen LogP contribution in [-0.4, -0.2) is 37.2 Å². The first-order valence-electron chi connectivity index (χ1n) is 22.5. The van der Waals surface area contributed by atoms with E-state index in [9.17, 15) is 14.4 Å². The second-order valence-electron chi connectivity index (χ2n) is 15.3. The van der Waals surface area contributed by atoms with Gasteiger partial charge in [0.15, 0.2) is 6.10 Å². The van der Waals surface area contributed by atoms with Gasteiger partial charge in [-0.15, -0.1) is 0 Å². The number of carbonyl (C=O) groups excluding carboxylic acids is 3. The predicted molar refractivity (Wildman–Crippen MR) is 215 cm³/mol. The van der Waals surface area contributed by atoms with Crippen molar-refractivity contribution in [2.24, 2.45) is 0 Å². The Balaban J connectivity index is 4.04. The molecule has 0 fully saturated rings. The van der Waals surface area contributed by atoms with Crippen LogP contribution in [0.4, 0.5) is 0 Å². The molecule has 0 saturated heterocycles. The molecule has 0 aliphatic carbocycles. The largest absolute Gasteiger partial charge is 0.462 e. The molecule has 0 aliphatic rings. The molecule has 6 heteroatoms. The van der Waals surface area contributed by atoms with Gasteiger partial charge in [-0.05, 0) is 19.3 Å². The predicted octanol–water partition coefficient (Wildman–Crippen LogP) is 14.1. The number of hydrogen-bond donors (Lipinski definition) is 0. The standard InChI is InChI=1S/C45H86O6/c1-4-7-10-13-15-17-18-19-20-21-22-23-24-25-26-28-30-33-35-38-44(47)50-41-42(51-45(48)39-36-31-12-9-6-3)40-49-43(46)37-34-32-29-27-16-14-11-8-5-2/h42H,4-41H2,1-3H3/t42-/m0/s1. The van der Waals surface area contributed by atoms with E-state index in [1.807, 2.05) is 0 Å². The first kappa shape index (κ1) is 49.4. The van der Waals surface area contributed by atoms with Crippen molar-refractivity contribution in [3.8, 4) is 0 Å². The minimum absolute atomic E-state index is 0.0646. The van der Waals surface area contributed by atoms with Gasteiger partial charge in [0, 0.05) is 19.3 Å². The van der Waals surface area contributed by atoms with E-state index in [0.717, 1.165) is 64.2 Å². The Morgan fingerprint density at radius 3 is 0.784 bits per heavy atom. The summed E-state index contributed by atoms with van der Waals surface area (Å²) in [7, 11) is 0. The highest BCUT2D eigenvalue weighted by Crippen LogP contribution is 2.16. The molecule has 0 spiro atoms. The van der Waals surface area contributed by atoms with Crippen LogP contribution < -0.4 is 0 Å². The fourth-order valence-corrected chi connectivity index (χ4v) is 6.68. The number of rotatable bonds is 41. The first-order chi connectivity index (χ1) is 25.0. The van der Waals surface area contributed by atoms with Gasteiger partial charge in [0.1, 0.15) is 13.2 Å². The Morgan fingerprint density at radius 2 is 0.529 bits per heavy atom. The summed E-state index contributed by atoms with van der Waals surface area (Å²) in [5, 5.41) is 0. The van der Waals surface area contributed by atoms with E-state index in [1.165, 1.54) is 148 Å². The monoisotopic (exact) mass is 723 g/mol. The van der Waals surface area contributed by atoms with Crippen molar-refractivity contribution < 1.29 is 28.6 Å². The van der Waals surface area contributed by atoms with Gasteiger partial charge in [-0.25, -0.2) is 0 Å². The Labute approximate surface area is 317 Å². The highest BCUT2D eigenvalue weighted by Gasteiger charge is 2.19. The molecular formula is C45H86O6. The molecule has 0 aliphatic heterocycles. The van der Waals surface area contributed by atoms with Crippen LogP contribution in [0.25, 0.3) is 0 Å².